The highest BCUT2D eigenvalue weighted by Gasteiger charge is 2.27. The molecule has 0 fully saturated rings. The van der Waals surface area contributed by atoms with Crippen LogP contribution in [0.15, 0.2) is 41.3 Å². The highest BCUT2D eigenvalue weighted by molar-refractivity contribution is 7.89. The van der Waals surface area contributed by atoms with Crippen molar-refractivity contribution in [3.05, 3.63) is 63.6 Å². The molecule has 0 heterocycles. The Bertz CT molecular complexity index is 792. The van der Waals surface area contributed by atoms with E-state index in [0.717, 1.165) is 10.4 Å². The Morgan fingerprint density at radius 3 is 2.23 bits per heavy atom. The topological polar surface area (TPSA) is 37.4 Å². The molecule has 0 radical (unpaired) electrons. The fourth-order valence-electron chi connectivity index (χ4n) is 1.86. The monoisotopic (exact) mass is 365 g/mol. The van der Waals surface area contributed by atoms with Crippen LogP contribution >= 0.6 is 23.2 Å². The summed E-state index contributed by atoms with van der Waals surface area (Å²) in [5.41, 5.74) is 0.0376. The van der Waals surface area contributed by atoms with E-state index in [-0.39, 0.29) is 27.0 Å². The lowest BCUT2D eigenvalue weighted by atomic mass is 10.2. The molecule has 118 valence electrons. The first kappa shape index (κ1) is 17.1. The number of rotatable bonds is 4. The zero-order valence-corrected chi connectivity index (χ0v) is 13.7. The minimum absolute atomic E-state index is 0.0288. The maximum Gasteiger partial charge on any atom is 0.246 e. The fraction of sp³-hybridized carbons (Fsp3) is 0.143. The van der Waals surface area contributed by atoms with E-state index in [1.54, 1.807) is 0 Å². The number of hydrogen-bond donors (Lipinski definition) is 0. The molecular weight excluding hydrogens is 355 g/mol. The van der Waals surface area contributed by atoms with Gasteiger partial charge in [0.1, 0.15) is 16.5 Å². The van der Waals surface area contributed by atoms with Gasteiger partial charge < -0.3 is 0 Å². The molecule has 0 aliphatic carbocycles. The number of sulfonamides is 1. The van der Waals surface area contributed by atoms with Gasteiger partial charge in [0.15, 0.2) is 0 Å². The van der Waals surface area contributed by atoms with Gasteiger partial charge in [0.05, 0.1) is 10.0 Å². The Morgan fingerprint density at radius 2 is 1.68 bits per heavy atom. The van der Waals surface area contributed by atoms with Gasteiger partial charge in [0.2, 0.25) is 10.0 Å². The van der Waals surface area contributed by atoms with Crippen LogP contribution in [-0.2, 0) is 16.6 Å². The molecule has 0 atom stereocenters. The van der Waals surface area contributed by atoms with Crippen molar-refractivity contribution in [1.82, 2.24) is 4.31 Å². The molecule has 0 aliphatic rings. The predicted octanol–water partition coefficient (Wildman–Crippen LogP) is 4.09. The van der Waals surface area contributed by atoms with Gasteiger partial charge in [-0.3, -0.25) is 0 Å². The molecule has 2 aromatic carbocycles. The second-order valence-corrected chi connectivity index (χ2v) is 7.34. The minimum atomic E-state index is -4.02. The van der Waals surface area contributed by atoms with E-state index in [1.807, 2.05) is 0 Å². The summed E-state index contributed by atoms with van der Waals surface area (Å²) in [5.74, 6) is -1.56. The Hall–Kier alpha value is -1.21. The van der Waals surface area contributed by atoms with E-state index in [1.165, 1.54) is 31.3 Å². The molecule has 2 aromatic rings. The summed E-state index contributed by atoms with van der Waals surface area (Å²) >= 11 is 11.8. The standard InChI is InChI=1S/C14H11Cl2F2NO2S/c1-19(8-9-5-6-10(17)7-13(9)18)22(20,21)14-11(15)3-2-4-12(14)16/h2-7H,8H2,1H3. The smallest absolute Gasteiger partial charge is 0.207 e. The van der Waals surface area contributed by atoms with Crippen LogP contribution in [0.5, 0.6) is 0 Å². The summed E-state index contributed by atoms with van der Waals surface area (Å²) in [6, 6.07) is 7.24. The molecule has 0 amide bonds. The molecule has 3 nitrogen and oxygen atoms in total. The van der Waals surface area contributed by atoms with Crippen LogP contribution in [0.2, 0.25) is 10.0 Å². The van der Waals surface area contributed by atoms with Gasteiger partial charge in [-0.25, -0.2) is 17.2 Å². The summed E-state index contributed by atoms with van der Waals surface area (Å²) < 4.78 is 52.5. The van der Waals surface area contributed by atoms with Gasteiger partial charge in [-0.1, -0.05) is 35.3 Å². The number of benzene rings is 2. The lowest BCUT2D eigenvalue weighted by molar-refractivity contribution is 0.455. The van der Waals surface area contributed by atoms with Gasteiger partial charge in [-0.05, 0) is 18.2 Å². The van der Waals surface area contributed by atoms with Crippen molar-refractivity contribution in [1.29, 1.82) is 0 Å². The Kier molecular flexibility index (Phi) is 5.07. The Balaban J connectivity index is 2.37. The second-order valence-electron chi connectivity index (χ2n) is 4.55. The van der Waals surface area contributed by atoms with Crippen molar-refractivity contribution in [2.75, 3.05) is 7.05 Å². The minimum Gasteiger partial charge on any atom is -0.207 e. The van der Waals surface area contributed by atoms with E-state index < -0.39 is 21.7 Å². The molecule has 0 N–H and O–H groups in total. The molecule has 8 heteroatoms. The van der Waals surface area contributed by atoms with Crippen LogP contribution in [0.4, 0.5) is 8.78 Å². The maximum absolute atomic E-state index is 13.6. The van der Waals surface area contributed by atoms with Crippen molar-refractivity contribution in [2.45, 2.75) is 11.4 Å². The molecule has 2 rings (SSSR count). The maximum atomic E-state index is 13.6. The summed E-state index contributed by atoms with van der Waals surface area (Å²) in [4.78, 5) is -0.247. The summed E-state index contributed by atoms with van der Waals surface area (Å²) in [7, 11) is -2.75. The van der Waals surface area contributed by atoms with Crippen molar-refractivity contribution in [3.8, 4) is 0 Å². The Labute approximate surface area is 137 Å². The average molecular weight is 366 g/mol. The van der Waals surface area contributed by atoms with Crippen molar-refractivity contribution < 1.29 is 17.2 Å². The first-order valence-corrected chi connectivity index (χ1v) is 8.27. The Morgan fingerprint density at radius 1 is 1.09 bits per heavy atom. The number of halogens is 4. The molecule has 0 spiro atoms. The van der Waals surface area contributed by atoms with E-state index in [2.05, 4.69) is 0 Å². The van der Waals surface area contributed by atoms with Gasteiger partial charge >= 0.3 is 0 Å². The first-order valence-electron chi connectivity index (χ1n) is 6.08. The molecule has 22 heavy (non-hydrogen) atoms. The number of hydrogen-bond acceptors (Lipinski definition) is 2. The zero-order valence-electron chi connectivity index (χ0n) is 11.4. The quantitative estimate of drug-likeness (QED) is 0.817. The van der Waals surface area contributed by atoms with Crippen LogP contribution in [0.3, 0.4) is 0 Å². The van der Waals surface area contributed by atoms with E-state index in [4.69, 9.17) is 23.2 Å². The van der Waals surface area contributed by atoms with Crippen LogP contribution < -0.4 is 0 Å². The van der Waals surface area contributed by atoms with Crippen LogP contribution in [0.25, 0.3) is 0 Å². The van der Waals surface area contributed by atoms with Crippen molar-refractivity contribution in [2.24, 2.45) is 0 Å². The van der Waals surface area contributed by atoms with Gasteiger partial charge in [-0.15, -0.1) is 0 Å². The third-order valence-corrected chi connectivity index (χ3v) is 5.75. The van der Waals surface area contributed by atoms with E-state index in [9.17, 15) is 17.2 Å². The molecule has 0 saturated heterocycles. The third kappa shape index (κ3) is 3.41. The van der Waals surface area contributed by atoms with E-state index >= 15 is 0 Å². The summed E-state index contributed by atoms with van der Waals surface area (Å²) in [5, 5.41) is -0.0575. The molecular formula is C14H11Cl2F2NO2S. The first-order chi connectivity index (χ1) is 10.2. The SMILES string of the molecule is CN(Cc1ccc(F)cc1F)S(=O)(=O)c1c(Cl)cccc1Cl. The average Bonchev–Trinajstić information content (AvgIpc) is 2.41. The second kappa shape index (κ2) is 6.50. The highest BCUT2D eigenvalue weighted by atomic mass is 35.5. The van der Waals surface area contributed by atoms with Crippen LogP contribution in [0, 0.1) is 11.6 Å². The summed E-state index contributed by atoms with van der Waals surface area (Å²) in [6.45, 7) is -0.282. The lowest BCUT2D eigenvalue weighted by Crippen LogP contribution is -2.27. The van der Waals surface area contributed by atoms with Gasteiger partial charge in [0, 0.05) is 25.2 Å². The van der Waals surface area contributed by atoms with Crippen molar-refractivity contribution >= 4 is 33.2 Å². The van der Waals surface area contributed by atoms with Gasteiger partial charge in [0.25, 0.3) is 0 Å². The van der Waals surface area contributed by atoms with Crippen molar-refractivity contribution in [3.63, 3.8) is 0 Å². The predicted molar refractivity (Wildman–Crippen MR) is 81.5 cm³/mol. The molecule has 0 saturated carbocycles. The third-order valence-electron chi connectivity index (χ3n) is 3.00. The number of nitrogens with zero attached hydrogens (tertiary/aromatic N) is 1. The van der Waals surface area contributed by atoms with Gasteiger partial charge in [-0.2, -0.15) is 4.31 Å². The van der Waals surface area contributed by atoms with Crippen LogP contribution in [-0.4, -0.2) is 19.8 Å². The summed E-state index contributed by atoms with van der Waals surface area (Å²) in [6.07, 6.45) is 0. The van der Waals surface area contributed by atoms with E-state index in [0.29, 0.717) is 6.07 Å². The normalized spacial score (nSPS) is 11.9. The lowest BCUT2D eigenvalue weighted by Gasteiger charge is -2.19. The van der Waals surface area contributed by atoms with Crippen LogP contribution in [0.1, 0.15) is 5.56 Å². The molecule has 0 unspecified atom stereocenters. The molecule has 0 aromatic heterocycles. The molecule has 0 aliphatic heterocycles. The highest BCUT2D eigenvalue weighted by Crippen LogP contribution is 2.31. The molecule has 0 bridgehead atoms. The zero-order chi connectivity index (χ0) is 16.5. The largest absolute Gasteiger partial charge is 0.246 e. The fourth-order valence-corrected chi connectivity index (χ4v) is 4.09.